The number of fused-ring (bicyclic) bond motifs is 1. The van der Waals surface area contributed by atoms with Gasteiger partial charge < -0.3 is 5.32 Å². The number of para-hydroxylation sites is 1. The van der Waals surface area contributed by atoms with Crippen molar-refractivity contribution in [1.29, 1.82) is 0 Å². The predicted molar refractivity (Wildman–Crippen MR) is 52.4 cm³/mol. The molecule has 0 unspecified atom stereocenters. The summed E-state index contributed by atoms with van der Waals surface area (Å²) in [5.74, 6) is 0. The summed E-state index contributed by atoms with van der Waals surface area (Å²) in [5, 5.41) is 3.33. The number of nitrogens with one attached hydrogen (secondary N) is 1. The second kappa shape index (κ2) is 3.02. The average molecular weight is 160 g/mol. The van der Waals surface area contributed by atoms with Gasteiger partial charge in [-0.2, -0.15) is 0 Å². The van der Waals surface area contributed by atoms with E-state index in [1.54, 1.807) is 0 Å². The van der Waals surface area contributed by atoms with Gasteiger partial charge in [-0.1, -0.05) is 24.3 Å². The van der Waals surface area contributed by atoms with E-state index in [0.29, 0.717) is 0 Å². The Morgan fingerprint density at radius 3 is 3.25 bits per heavy atom. The van der Waals surface area contributed by atoms with Crippen molar-refractivity contribution < 1.29 is 1.37 Å². The largest absolute Gasteiger partial charge is 0.381 e. The maximum atomic E-state index is 7.96. The molecule has 1 nitrogen and oxygen atoms in total. The molecule has 0 amide bonds. The monoisotopic (exact) mass is 160 g/mol. The Kier molecular flexibility index (Phi) is 1.58. The third-order valence-corrected chi connectivity index (χ3v) is 2.10. The van der Waals surface area contributed by atoms with Crippen LogP contribution in [0.15, 0.2) is 36.9 Å². The lowest BCUT2D eigenvalue weighted by Crippen LogP contribution is -2.13. The molecule has 1 aromatic rings. The zero-order chi connectivity index (χ0) is 9.26. The lowest BCUT2D eigenvalue weighted by atomic mass is 10.1. The Morgan fingerprint density at radius 2 is 2.50 bits per heavy atom. The highest BCUT2D eigenvalue weighted by Crippen LogP contribution is 2.26. The van der Waals surface area contributed by atoms with E-state index in [0.717, 1.165) is 17.7 Å². The molecule has 1 aliphatic heterocycles. The summed E-state index contributed by atoms with van der Waals surface area (Å²) in [6.07, 6.45) is 2.57. The Labute approximate surface area is 74.5 Å². The number of hydrogen-bond acceptors (Lipinski definition) is 1. The van der Waals surface area contributed by atoms with Crippen LogP contribution in [0, 0.1) is 0 Å². The highest BCUT2D eigenvalue weighted by atomic mass is 14.9. The van der Waals surface area contributed by atoms with Crippen LogP contribution >= 0.6 is 0 Å². The van der Waals surface area contributed by atoms with Crippen molar-refractivity contribution in [2.45, 2.75) is 18.9 Å². The number of hydrogen-bond donors (Lipinski definition) is 1. The zero-order valence-corrected chi connectivity index (χ0v) is 6.96. The summed E-state index contributed by atoms with van der Waals surface area (Å²) in [6.45, 7) is 3.70. The third kappa shape index (κ3) is 1.22. The lowest BCUT2D eigenvalue weighted by molar-refractivity contribution is 0.766. The van der Waals surface area contributed by atoms with Crippen molar-refractivity contribution in [1.82, 2.24) is 0 Å². The SMILES string of the molecule is [2H][C@@H]1c2ccccc2N[C@H]1CC=C. The maximum absolute atomic E-state index is 7.96. The van der Waals surface area contributed by atoms with Crippen molar-refractivity contribution in [2.24, 2.45) is 0 Å². The smallest absolute Gasteiger partial charge is 0.0375 e. The van der Waals surface area contributed by atoms with E-state index in [4.69, 9.17) is 1.37 Å². The normalized spacial score (nSPS) is 27.2. The predicted octanol–water partition coefficient (Wildman–Crippen LogP) is 2.60. The van der Waals surface area contributed by atoms with Crippen LogP contribution in [0.4, 0.5) is 5.69 Å². The molecule has 1 heterocycles. The minimum Gasteiger partial charge on any atom is -0.381 e. The summed E-state index contributed by atoms with van der Waals surface area (Å²) in [6, 6.07) is 8.23. The number of rotatable bonds is 2. The molecular weight excluding hydrogens is 146 g/mol. The van der Waals surface area contributed by atoms with Crippen molar-refractivity contribution in [3.63, 3.8) is 0 Å². The molecule has 0 fully saturated rings. The van der Waals surface area contributed by atoms with Gasteiger partial charge in [0.1, 0.15) is 0 Å². The lowest BCUT2D eigenvalue weighted by Gasteiger charge is -2.06. The summed E-state index contributed by atoms with van der Waals surface area (Å²) in [4.78, 5) is 0. The van der Waals surface area contributed by atoms with Crippen molar-refractivity contribution >= 4 is 5.69 Å². The van der Waals surface area contributed by atoms with Gasteiger partial charge in [-0.05, 0) is 24.4 Å². The van der Waals surface area contributed by atoms with Gasteiger partial charge in [0.25, 0.3) is 0 Å². The molecule has 2 rings (SSSR count). The van der Waals surface area contributed by atoms with Gasteiger partial charge >= 0.3 is 0 Å². The first-order valence-electron chi connectivity index (χ1n) is 4.79. The van der Waals surface area contributed by atoms with Crippen LogP contribution in [0.2, 0.25) is 0 Å². The van der Waals surface area contributed by atoms with Gasteiger partial charge in [-0.25, -0.2) is 0 Å². The molecule has 0 aliphatic carbocycles. The van der Waals surface area contributed by atoms with Gasteiger partial charge in [0.15, 0.2) is 0 Å². The topological polar surface area (TPSA) is 12.0 Å². The van der Waals surface area contributed by atoms with Gasteiger partial charge in [0.05, 0.1) is 0 Å². The molecule has 0 aromatic heterocycles. The maximum Gasteiger partial charge on any atom is 0.0375 e. The Morgan fingerprint density at radius 1 is 1.67 bits per heavy atom. The average Bonchev–Trinajstić information content (AvgIpc) is 2.46. The Bertz CT molecular complexity index is 322. The molecule has 1 aliphatic rings. The van der Waals surface area contributed by atoms with Crippen molar-refractivity contribution in [3.05, 3.63) is 42.5 Å². The fraction of sp³-hybridized carbons (Fsp3) is 0.273. The van der Waals surface area contributed by atoms with E-state index in [1.807, 2.05) is 30.3 Å². The molecule has 62 valence electrons. The minimum absolute atomic E-state index is 0.144. The fourth-order valence-electron chi connectivity index (χ4n) is 1.54. The van der Waals surface area contributed by atoms with Crippen LogP contribution in [0.1, 0.15) is 13.4 Å². The molecule has 2 atom stereocenters. The Hall–Kier alpha value is -1.24. The number of anilines is 1. The summed E-state index contributed by atoms with van der Waals surface area (Å²) in [5.41, 5.74) is 2.21. The van der Waals surface area contributed by atoms with Crippen LogP contribution in [0.3, 0.4) is 0 Å². The first-order chi connectivity index (χ1) is 6.33. The Balaban J connectivity index is 2.27. The molecule has 1 aromatic carbocycles. The highest BCUT2D eigenvalue weighted by Gasteiger charge is 2.17. The van der Waals surface area contributed by atoms with Crippen LogP contribution in [-0.2, 0) is 6.40 Å². The van der Waals surface area contributed by atoms with Gasteiger partial charge in [-0.15, -0.1) is 6.58 Å². The first kappa shape index (κ1) is 6.30. The van der Waals surface area contributed by atoms with Crippen molar-refractivity contribution in [2.75, 3.05) is 5.32 Å². The summed E-state index contributed by atoms with van der Waals surface area (Å²) in [7, 11) is 0. The second-order valence-electron chi connectivity index (χ2n) is 3.03. The van der Waals surface area contributed by atoms with E-state index in [1.165, 1.54) is 0 Å². The molecule has 1 heteroatoms. The minimum atomic E-state index is -0.144. The van der Waals surface area contributed by atoms with Gasteiger partial charge in [0.2, 0.25) is 0 Å². The quantitative estimate of drug-likeness (QED) is 0.656. The molecule has 0 bridgehead atoms. The summed E-state index contributed by atoms with van der Waals surface area (Å²) >= 11 is 0. The summed E-state index contributed by atoms with van der Waals surface area (Å²) < 4.78 is 7.96. The van der Waals surface area contributed by atoms with Crippen LogP contribution in [0.25, 0.3) is 0 Å². The zero-order valence-electron chi connectivity index (χ0n) is 7.96. The van der Waals surface area contributed by atoms with Crippen LogP contribution < -0.4 is 5.32 Å². The van der Waals surface area contributed by atoms with E-state index < -0.39 is 0 Å². The van der Waals surface area contributed by atoms with E-state index in [2.05, 4.69) is 11.9 Å². The molecule has 0 spiro atoms. The number of benzene rings is 1. The standard InChI is InChI=1S/C11H13N/c1-2-5-10-8-9-6-3-4-7-11(9)12-10/h2-4,6-7,10,12H,1,5,8H2/t10-/m0/s1/i8D/t8-,10+/m1. The highest BCUT2D eigenvalue weighted by molar-refractivity contribution is 5.56. The van der Waals surface area contributed by atoms with E-state index in [9.17, 15) is 0 Å². The third-order valence-electron chi connectivity index (χ3n) is 2.10. The van der Waals surface area contributed by atoms with Gasteiger partial charge in [-0.3, -0.25) is 0 Å². The van der Waals surface area contributed by atoms with E-state index >= 15 is 0 Å². The molecule has 0 saturated carbocycles. The second-order valence-corrected chi connectivity index (χ2v) is 3.03. The van der Waals surface area contributed by atoms with Crippen LogP contribution in [0.5, 0.6) is 0 Å². The molecule has 0 saturated heterocycles. The van der Waals surface area contributed by atoms with Crippen molar-refractivity contribution in [3.8, 4) is 0 Å². The molecule has 12 heavy (non-hydrogen) atoms. The molecule has 0 radical (unpaired) electrons. The van der Waals surface area contributed by atoms with Crippen LogP contribution in [-0.4, -0.2) is 6.04 Å². The first-order valence-corrected chi connectivity index (χ1v) is 4.21. The molecule has 1 N–H and O–H groups in total. The molecular formula is C11H13N. The van der Waals surface area contributed by atoms with Gasteiger partial charge in [0, 0.05) is 13.1 Å². The fourth-order valence-corrected chi connectivity index (χ4v) is 1.54. The van der Waals surface area contributed by atoms with E-state index in [-0.39, 0.29) is 12.4 Å².